The highest BCUT2D eigenvalue weighted by atomic mass is 32.2. The molecule has 1 aliphatic rings. The van der Waals surface area contributed by atoms with Crippen LogP contribution in [0.4, 0.5) is 16.2 Å². The Morgan fingerprint density at radius 2 is 1.68 bits per heavy atom. The molecule has 0 aliphatic carbocycles. The highest BCUT2D eigenvalue weighted by Crippen LogP contribution is 2.28. The van der Waals surface area contributed by atoms with Crippen LogP contribution in [0.2, 0.25) is 0 Å². The molecule has 4 rings (SSSR count). The van der Waals surface area contributed by atoms with E-state index in [1.807, 2.05) is 67.6 Å². The van der Waals surface area contributed by atoms with Crippen molar-refractivity contribution in [1.82, 2.24) is 10.6 Å². The fourth-order valence-corrected chi connectivity index (χ4v) is 6.18. The van der Waals surface area contributed by atoms with Gasteiger partial charge in [0.05, 0.1) is 23.6 Å². The second kappa shape index (κ2) is 14.0. The minimum absolute atomic E-state index is 0.0616. The van der Waals surface area contributed by atoms with E-state index in [1.165, 1.54) is 4.31 Å². The third kappa shape index (κ3) is 8.45. The Morgan fingerprint density at radius 3 is 2.32 bits per heavy atom. The number of carbonyl (C=O) groups excluding carboxylic acids is 2. The van der Waals surface area contributed by atoms with E-state index in [1.54, 1.807) is 18.2 Å². The molecule has 0 bridgehead atoms. The van der Waals surface area contributed by atoms with Crippen molar-refractivity contribution in [2.75, 3.05) is 35.0 Å². The lowest BCUT2D eigenvalue weighted by atomic mass is 10.0. The predicted molar refractivity (Wildman–Crippen MR) is 158 cm³/mol. The Bertz CT molecular complexity index is 1420. The van der Waals surface area contributed by atoms with Crippen molar-refractivity contribution in [3.8, 4) is 0 Å². The summed E-state index contributed by atoms with van der Waals surface area (Å²) >= 11 is 0. The van der Waals surface area contributed by atoms with Gasteiger partial charge >= 0.3 is 6.09 Å². The quantitative estimate of drug-likeness (QED) is 0.258. The molecule has 3 aromatic carbocycles. The first-order chi connectivity index (χ1) is 19.7. The van der Waals surface area contributed by atoms with Crippen molar-refractivity contribution in [3.05, 3.63) is 95.6 Å². The normalized spacial score (nSPS) is 15.5. The van der Waals surface area contributed by atoms with Crippen LogP contribution in [0.15, 0.2) is 78.9 Å². The molecule has 2 amide bonds. The number of benzene rings is 3. The standard InChI is InChI=1S/C30H36N4O6S/c1-2-31-25-17-24(18-26(19-25)34-14-9-15-41(34,38)39)29(36)33-27(16-22-10-5-3-6-11-22)28(35)20-32-30(37)40-21-23-12-7-4-8-13-23/h3-8,10-13,17-19,27-28,31,35H,2,9,14-16,20-21H2,1H3,(H,32,37)(H,33,36)/t27-,28+/m0/s1. The smallest absolute Gasteiger partial charge is 0.407 e. The Kier molecular flexibility index (Phi) is 10.2. The molecule has 1 saturated heterocycles. The average molecular weight is 581 g/mol. The zero-order chi connectivity index (χ0) is 29.2. The number of hydrogen-bond acceptors (Lipinski definition) is 7. The van der Waals surface area contributed by atoms with E-state index in [0.717, 1.165) is 11.1 Å². The summed E-state index contributed by atoms with van der Waals surface area (Å²) in [6, 6.07) is 22.7. The molecule has 2 atom stereocenters. The second-order valence-corrected chi connectivity index (χ2v) is 11.8. The van der Waals surface area contributed by atoms with Crippen LogP contribution in [0.1, 0.15) is 34.8 Å². The number of ether oxygens (including phenoxy) is 1. The van der Waals surface area contributed by atoms with Gasteiger partial charge in [0.15, 0.2) is 0 Å². The van der Waals surface area contributed by atoms with Crippen LogP contribution in [0.3, 0.4) is 0 Å². The zero-order valence-electron chi connectivity index (χ0n) is 23.0. The maximum Gasteiger partial charge on any atom is 0.407 e. The van der Waals surface area contributed by atoms with E-state index < -0.39 is 34.2 Å². The SMILES string of the molecule is CCNc1cc(C(=O)N[C@@H](Cc2ccccc2)[C@H](O)CNC(=O)OCc2ccccc2)cc(N2CCCS2(=O)=O)c1. The Morgan fingerprint density at radius 1 is 1.00 bits per heavy atom. The minimum atomic E-state index is -3.45. The lowest BCUT2D eigenvalue weighted by Gasteiger charge is -2.25. The molecule has 3 aromatic rings. The molecule has 1 fully saturated rings. The van der Waals surface area contributed by atoms with Crippen LogP contribution in [-0.2, 0) is 27.8 Å². The lowest BCUT2D eigenvalue weighted by molar-refractivity contribution is 0.0818. The minimum Gasteiger partial charge on any atom is -0.445 e. The number of aliphatic hydroxyl groups is 1. The van der Waals surface area contributed by atoms with Crippen LogP contribution in [0.25, 0.3) is 0 Å². The molecular formula is C30H36N4O6S. The highest BCUT2D eigenvalue weighted by molar-refractivity contribution is 7.93. The van der Waals surface area contributed by atoms with Gasteiger partial charge in [0, 0.05) is 30.9 Å². The van der Waals surface area contributed by atoms with E-state index in [2.05, 4.69) is 16.0 Å². The van der Waals surface area contributed by atoms with Crippen molar-refractivity contribution < 1.29 is 27.9 Å². The molecule has 11 heteroatoms. The highest BCUT2D eigenvalue weighted by Gasteiger charge is 2.30. The first-order valence-corrected chi connectivity index (χ1v) is 15.2. The van der Waals surface area contributed by atoms with Gasteiger partial charge in [0.2, 0.25) is 10.0 Å². The van der Waals surface area contributed by atoms with Crippen LogP contribution < -0.4 is 20.3 Å². The van der Waals surface area contributed by atoms with Gasteiger partial charge in [-0.1, -0.05) is 60.7 Å². The van der Waals surface area contributed by atoms with Crippen molar-refractivity contribution >= 4 is 33.4 Å². The lowest BCUT2D eigenvalue weighted by Crippen LogP contribution is -2.49. The monoisotopic (exact) mass is 580 g/mol. The van der Waals surface area contributed by atoms with Gasteiger partial charge in [0.25, 0.3) is 5.91 Å². The first kappa shape index (κ1) is 29.9. The Hall–Kier alpha value is -4.09. The van der Waals surface area contributed by atoms with Gasteiger partial charge in [-0.05, 0) is 49.1 Å². The summed E-state index contributed by atoms with van der Waals surface area (Å²) in [5, 5.41) is 19.7. The number of anilines is 2. The third-order valence-corrected chi connectivity index (χ3v) is 8.57. The molecule has 1 aliphatic heterocycles. The van der Waals surface area contributed by atoms with Gasteiger partial charge in [-0.2, -0.15) is 0 Å². The summed E-state index contributed by atoms with van der Waals surface area (Å²) in [5.41, 5.74) is 2.99. The van der Waals surface area contributed by atoms with E-state index in [0.29, 0.717) is 37.3 Å². The number of hydrogen-bond donors (Lipinski definition) is 4. The molecule has 0 saturated carbocycles. The summed E-state index contributed by atoms with van der Waals surface area (Å²) in [4.78, 5) is 25.8. The Labute approximate surface area is 240 Å². The van der Waals surface area contributed by atoms with Crippen molar-refractivity contribution in [2.24, 2.45) is 0 Å². The van der Waals surface area contributed by atoms with Crippen LogP contribution in [-0.4, -0.2) is 63.1 Å². The molecular weight excluding hydrogens is 544 g/mol. The van der Waals surface area contributed by atoms with Gasteiger partial charge in [-0.25, -0.2) is 13.2 Å². The third-order valence-electron chi connectivity index (χ3n) is 6.70. The molecule has 0 radical (unpaired) electrons. The van der Waals surface area contributed by atoms with Crippen LogP contribution >= 0.6 is 0 Å². The summed E-state index contributed by atoms with van der Waals surface area (Å²) in [6.45, 7) is 2.77. The molecule has 0 unspecified atom stereocenters. The average Bonchev–Trinajstić information content (AvgIpc) is 3.34. The van der Waals surface area contributed by atoms with Gasteiger partial charge in [-0.15, -0.1) is 0 Å². The number of amides is 2. The van der Waals surface area contributed by atoms with Gasteiger partial charge < -0.3 is 25.8 Å². The number of rotatable bonds is 12. The van der Waals surface area contributed by atoms with Crippen molar-refractivity contribution in [2.45, 2.75) is 38.5 Å². The Balaban J connectivity index is 1.48. The molecule has 10 nitrogen and oxygen atoms in total. The van der Waals surface area contributed by atoms with Gasteiger partial charge in [-0.3, -0.25) is 9.10 Å². The number of nitrogens with one attached hydrogen (secondary N) is 3. The maximum absolute atomic E-state index is 13.5. The molecule has 0 spiro atoms. The van der Waals surface area contributed by atoms with E-state index in [-0.39, 0.29) is 24.5 Å². The molecule has 1 heterocycles. The first-order valence-electron chi connectivity index (χ1n) is 13.6. The summed E-state index contributed by atoms with van der Waals surface area (Å²) in [7, 11) is -3.45. The zero-order valence-corrected chi connectivity index (χ0v) is 23.8. The molecule has 4 N–H and O–H groups in total. The number of sulfonamides is 1. The van der Waals surface area contributed by atoms with Crippen molar-refractivity contribution in [1.29, 1.82) is 0 Å². The second-order valence-electron chi connectivity index (χ2n) is 9.82. The molecule has 41 heavy (non-hydrogen) atoms. The van der Waals surface area contributed by atoms with Gasteiger partial charge in [0.1, 0.15) is 6.61 Å². The molecule has 0 aromatic heterocycles. The fourth-order valence-electron chi connectivity index (χ4n) is 4.63. The van der Waals surface area contributed by atoms with E-state index >= 15 is 0 Å². The van der Waals surface area contributed by atoms with Crippen LogP contribution in [0, 0.1) is 0 Å². The predicted octanol–water partition coefficient (Wildman–Crippen LogP) is 3.29. The number of aliphatic hydroxyl groups excluding tert-OH is 1. The summed E-state index contributed by atoms with van der Waals surface area (Å²) in [6.07, 6.45) is -1.01. The van der Waals surface area contributed by atoms with Crippen LogP contribution in [0.5, 0.6) is 0 Å². The number of nitrogens with zero attached hydrogens (tertiary/aromatic N) is 1. The number of alkyl carbamates (subject to hydrolysis) is 1. The van der Waals surface area contributed by atoms with E-state index in [4.69, 9.17) is 4.74 Å². The topological polar surface area (TPSA) is 137 Å². The summed E-state index contributed by atoms with van der Waals surface area (Å²) < 4.78 is 31.7. The summed E-state index contributed by atoms with van der Waals surface area (Å²) in [5.74, 6) is -0.416. The van der Waals surface area contributed by atoms with Crippen molar-refractivity contribution in [3.63, 3.8) is 0 Å². The van der Waals surface area contributed by atoms with E-state index in [9.17, 15) is 23.1 Å². The molecule has 218 valence electrons. The largest absolute Gasteiger partial charge is 0.445 e. The maximum atomic E-state index is 13.5. The number of carbonyl (C=O) groups is 2. The fraction of sp³-hybridized carbons (Fsp3) is 0.333.